The summed E-state index contributed by atoms with van der Waals surface area (Å²) in [5, 5.41) is 8.77. The second kappa shape index (κ2) is 7.17. The van der Waals surface area contributed by atoms with Gasteiger partial charge in [-0.25, -0.2) is 0 Å². The SMILES string of the molecule is CC1CN(C(=O)CSc2nnc3[nH]c(=O)cc(C(C)C)n23)CC(C)O1. The van der Waals surface area contributed by atoms with E-state index in [1.165, 1.54) is 11.8 Å². The molecule has 136 valence electrons. The zero-order valence-corrected chi connectivity index (χ0v) is 15.7. The van der Waals surface area contributed by atoms with E-state index in [-0.39, 0.29) is 35.3 Å². The fraction of sp³-hybridized carbons (Fsp3) is 0.625. The number of fused-ring (bicyclic) bond motifs is 1. The minimum absolute atomic E-state index is 0.0456. The molecule has 0 aliphatic carbocycles. The van der Waals surface area contributed by atoms with Gasteiger partial charge in [0.05, 0.1) is 18.0 Å². The predicted octanol–water partition coefficient (Wildman–Crippen LogP) is 1.27. The molecule has 2 atom stereocenters. The molecule has 25 heavy (non-hydrogen) atoms. The van der Waals surface area contributed by atoms with Gasteiger partial charge in [-0.1, -0.05) is 25.6 Å². The number of hydrogen-bond acceptors (Lipinski definition) is 6. The van der Waals surface area contributed by atoms with Gasteiger partial charge in [0, 0.05) is 24.8 Å². The van der Waals surface area contributed by atoms with Crippen LogP contribution in [-0.2, 0) is 9.53 Å². The van der Waals surface area contributed by atoms with Gasteiger partial charge < -0.3 is 9.64 Å². The van der Waals surface area contributed by atoms with Gasteiger partial charge in [-0.3, -0.25) is 19.0 Å². The number of ether oxygens (including phenoxy) is 1. The summed E-state index contributed by atoms with van der Waals surface area (Å²) in [7, 11) is 0. The van der Waals surface area contributed by atoms with E-state index in [2.05, 4.69) is 15.2 Å². The maximum absolute atomic E-state index is 12.5. The standard InChI is InChI=1S/C16H23N5O3S/c1-9(2)12-5-13(22)17-15-18-19-16(21(12)15)25-8-14(23)20-6-10(3)24-11(4)7-20/h5,9-11H,6-8H2,1-4H3,(H,17,18,22). The number of nitrogens with zero attached hydrogens (tertiary/aromatic N) is 4. The van der Waals surface area contributed by atoms with Crippen molar-refractivity contribution in [2.24, 2.45) is 0 Å². The van der Waals surface area contributed by atoms with E-state index in [0.29, 0.717) is 24.0 Å². The molecule has 1 amide bonds. The Bertz CT molecular complexity index is 821. The molecule has 3 rings (SSSR count). The monoisotopic (exact) mass is 365 g/mol. The van der Waals surface area contributed by atoms with Crippen LogP contribution in [0.25, 0.3) is 5.78 Å². The van der Waals surface area contributed by atoms with E-state index in [1.54, 1.807) is 6.07 Å². The fourth-order valence-corrected chi connectivity index (χ4v) is 3.90. The first-order valence-electron chi connectivity index (χ1n) is 8.39. The van der Waals surface area contributed by atoms with E-state index in [1.807, 2.05) is 37.0 Å². The van der Waals surface area contributed by atoms with Crippen molar-refractivity contribution in [1.82, 2.24) is 24.5 Å². The molecule has 1 aliphatic rings. The zero-order valence-electron chi connectivity index (χ0n) is 14.9. The van der Waals surface area contributed by atoms with Gasteiger partial charge in [0.25, 0.3) is 5.56 Å². The van der Waals surface area contributed by atoms with Crippen LogP contribution in [0.5, 0.6) is 0 Å². The van der Waals surface area contributed by atoms with E-state index in [4.69, 9.17) is 4.74 Å². The molecule has 9 heteroatoms. The Hall–Kier alpha value is -1.87. The van der Waals surface area contributed by atoms with Crippen LogP contribution in [-0.4, -0.2) is 61.4 Å². The number of hydrogen-bond donors (Lipinski definition) is 1. The molecule has 2 aromatic heterocycles. The van der Waals surface area contributed by atoms with E-state index >= 15 is 0 Å². The number of carbonyl (C=O) groups excluding carboxylic acids is 1. The summed E-state index contributed by atoms with van der Waals surface area (Å²) in [6, 6.07) is 1.55. The van der Waals surface area contributed by atoms with Gasteiger partial charge in [0.15, 0.2) is 5.16 Å². The van der Waals surface area contributed by atoms with Crippen molar-refractivity contribution in [3.63, 3.8) is 0 Å². The largest absolute Gasteiger partial charge is 0.372 e. The molecule has 0 spiro atoms. The van der Waals surface area contributed by atoms with Crippen molar-refractivity contribution in [2.45, 2.75) is 51.0 Å². The molecule has 8 nitrogen and oxygen atoms in total. The molecule has 0 radical (unpaired) electrons. The smallest absolute Gasteiger partial charge is 0.252 e. The third-order valence-corrected chi connectivity index (χ3v) is 5.01. The number of nitrogens with one attached hydrogen (secondary N) is 1. The highest BCUT2D eigenvalue weighted by Crippen LogP contribution is 2.22. The fourth-order valence-electron chi connectivity index (χ4n) is 3.05. The normalized spacial score (nSPS) is 21.2. The highest BCUT2D eigenvalue weighted by atomic mass is 32.2. The molecule has 3 heterocycles. The van der Waals surface area contributed by atoms with Crippen LogP contribution < -0.4 is 5.56 Å². The molecule has 1 saturated heterocycles. The first-order valence-corrected chi connectivity index (χ1v) is 9.38. The van der Waals surface area contributed by atoms with Gasteiger partial charge >= 0.3 is 0 Å². The van der Waals surface area contributed by atoms with Gasteiger partial charge in [0.1, 0.15) is 0 Å². The van der Waals surface area contributed by atoms with Crippen molar-refractivity contribution in [3.05, 3.63) is 22.1 Å². The molecule has 0 saturated carbocycles. The van der Waals surface area contributed by atoms with Gasteiger partial charge in [-0.2, -0.15) is 0 Å². The van der Waals surface area contributed by atoms with Crippen LogP contribution >= 0.6 is 11.8 Å². The third-order valence-electron chi connectivity index (χ3n) is 4.09. The molecule has 1 fully saturated rings. The Kier molecular flexibility index (Phi) is 5.14. The first-order chi connectivity index (χ1) is 11.8. The number of aromatic nitrogens is 4. The molecular weight excluding hydrogens is 342 g/mol. The van der Waals surface area contributed by atoms with Crippen molar-refractivity contribution in [2.75, 3.05) is 18.8 Å². The molecule has 2 aromatic rings. The summed E-state index contributed by atoms with van der Waals surface area (Å²) in [5.74, 6) is 0.868. The lowest BCUT2D eigenvalue weighted by atomic mass is 10.1. The first kappa shape index (κ1) is 17.9. The summed E-state index contributed by atoms with van der Waals surface area (Å²) in [6.07, 6.45) is 0.0912. The molecule has 0 aromatic carbocycles. The molecule has 0 bridgehead atoms. The van der Waals surface area contributed by atoms with Crippen LogP contribution in [0, 0.1) is 0 Å². The van der Waals surface area contributed by atoms with Gasteiger partial charge in [-0.15, -0.1) is 10.2 Å². The summed E-state index contributed by atoms with van der Waals surface area (Å²) < 4.78 is 7.48. The Balaban J connectivity index is 1.77. The minimum atomic E-state index is -0.201. The highest BCUT2D eigenvalue weighted by molar-refractivity contribution is 7.99. The van der Waals surface area contributed by atoms with Crippen LogP contribution in [0.2, 0.25) is 0 Å². The third kappa shape index (κ3) is 3.87. The topological polar surface area (TPSA) is 92.6 Å². The molecular formula is C16H23N5O3S. The number of carbonyl (C=O) groups is 1. The number of morpholine rings is 1. The summed E-state index contributed by atoms with van der Waals surface area (Å²) in [5.41, 5.74) is 0.625. The maximum atomic E-state index is 12.5. The second-order valence-corrected chi connectivity index (χ2v) is 7.64. The lowest BCUT2D eigenvalue weighted by Gasteiger charge is -2.35. The second-order valence-electron chi connectivity index (χ2n) is 6.70. The number of amides is 1. The Morgan fingerprint density at radius 1 is 1.36 bits per heavy atom. The maximum Gasteiger partial charge on any atom is 0.252 e. The van der Waals surface area contributed by atoms with Gasteiger partial charge in [-0.05, 0) is 19.8 Å². The van der Waals surface area contributed by atoms with E-state index < -0.39 is 0 Å². The summed E-state index contributed by atoms with van der Waals surface area (Å²) >= 11 is 1.33. The average Bonchev–Trinajstić information content (AvgIpc) is 2.93. The summed E-state index contributed by atoms with van der Waals surface area (Å²) in [4.78, 5) is 28.8. The molecule has 1 N–H and O–H groups in total. The molecule has 1 aliphatic heterocycles. The van der Waals surface area contributed by atoms with Crippen LogP contribution in [0.15, 0.2) is 16.0 Å². The number of thioether (sulfide) groups is 1. The number of rotatable bonds is 4. The quantitative estimate of drug-likeness (QED) is 0.820. The predicted molar refractivity (Wildman–Crippen MR) is 95.0 cm³/mol. The van der Waals surface area contributed by atoms with Crippen molar-refractivity contribution in [3.8, 4) is 0 Å². The van der Waals surface area contributed by atoms with Crippen molar-refractivity contribution < 1.29 is 9.53 Å². The lowest BCUT2D eigenvalue weighted by Crippen LogP contribution is -2.48. The molecule has 2 unspecified atom stereocenters. The van der Waals surface area contributed by atoms with E-state index in [0.717, 1.165) is 5.69 Å². The van der Waals surface area contributed by atoms with Crippen LogP contribution in [0.3, 0.4) is 0 Å². The van der Waals surface area contributed by atoms with Crippen molar-refractivity contribution in [1.29, 1.82) is 0 Å². The highest BCUT2D eigenvalue weighted by Gasteiger charge is 2.26. The number of H-pyrrole nitrogens is 1. The van der Waals surface area contributed by atoms with Crippen LogP contribution in [0.1, 0.15) is 39.3 Å². The van der Waals surface area contributed by atoms with Crippen molar-refractivity contribution >= 4 is 23.4 Å². The average molecular weight is 365 g/mol. The Morgan fingerprint density at radius 3 is 2.68 bits per heavy atom. The number of aromatic amines is 1. The lowest BCUT2D eigenvalue weighted by molar-refractivity contribution is -0.140. The zero-order chi connectivity index (χ0) is 18.1. The Morgan fingerprint density at radius 2 is 2.04 bits per heavy atom. The minimum Gasteiger partial charge on any atom is -0.372 e. The van der Waals surface area contributed by atoms with E-state index in [9.17, 15) is 9.59 Å². The van der Waals surface area contributed by atoms with Gasteiger partial charge in [0.2, 0.25) is 11.7 Å². The Labute approximate surface area is 150 Å². The summed E-state index contributed by atoms with van der Waals surface area (Å²) in [6.45, 7) is 9.17. The van der Waals surface area contributed by atoms with Crippen LogP contribution in [0.4, 0.5) is 0 Å².